The fraction of sp³-hybridized carbons (Fsp3) is 0.550. The summed E-state index contributed by atoms with van der Waals surface area (Å²) in [4.78, 5) is 19.4. The zero-order valence-corrected chi connectivity index (χ0v) is 15.5. The Bertz CT molecular complexity index is 775. The summed E-state index contributed by atoms with van der Waals surface area (Å²) in [6.45, 7) is 3.06. The van der Waals surface area contributed by atoms with Crippen molar-refractivity contribution in [2.45, 2.75) is 44.1 Å². The van der Waals surface area contributed by atoms with E-state index in [1.165, 1.54) is 0 Å². The van der Waals surface area contributed by atoms with E-state index >= 15 is 0 Å². The summed E-state index contributed by atoms with van der Waals surface area (Å²) in [5.41, 5.74) is 7.28. The molecule has 1 saturated heterocycles. The minimum absolute atomic E-state index is 0.159. The van der Waals surface area contributed by atoms with E-state index in [4.69, 9.17) is 15.0 Å². The van der Waals surface area contributed by atoms with Crippen LogP contribution in [0.5, 0.6) is 0 Å². The number of carbonyl (C=O) groups is 1. The second-order valence-electron chi connectivity index (χ2n) is 7.48. The zero-order chi connectivity index (χ0) is 18.7. The maximum atomic E-state index is 12.8. The second kappa shape index (κ2) is 7.78. The van der Waals surface area contributed by atoms with Crippen LogP contribution in [-0.4, -0.2) is 47.3 Å². The number of morpholine rings is 1. The summed E-state index contributed by atoms with van der Waals surface area (Å²) in [6.07, 6.45) is 4.42. The van der Waals surface area contributed by atoms with Gasteiger partial charge < -0.3 is 19.9 Å². The van der Waals surface area contributed by atoms with Gasteiger partial charge in [-0.3, -0.25) is 4.79 Å². The van der Waals surface area contributed by atoms with Gasteiger partial charge in [0.15, 0.2) is 0 Å². The molecule has 1 aromatic carbocycles. The Labute approximate surface area is 158 Å². The van der Waals surface area contributed by atoms with Gasteiger partial charge in [0.1, 0.15) is 0 Å². The number of rotatable bonds is 5. The Kier molecular flexibility index (Phi) is 5.22. The van der Waals surface area contributed by atoms with Gasteiger partial charge in [-0.1, -0.05) is 42.3 Å². The molecule has 0 bridgehead atoms. The maximum Gasteiger partial charge on any atom is 0.233 e. The normalized spacial score (nSPS) is 19.4. The fourth-order valence-electron chi connectivity index (χ4n) is 4.08. The van der Waals surface area contributed by atoms with E-state index in [-0.39, 0.29) is 11.3 Å². The van der Waals surface area contributed by atoms with Crippen molar-refractivity contribution in [1.29, 1.82) is 0 Å². The van der Waals surface area contributed by atoms with Crippen LogP contribution in [0.1, 0.15) is 43.6 Å². The topological polar surface area (TPSA) is 94.5 Å². The fourth-order valence-corrected chi connectivity index (χ4v) is 4.08. The Morgan fingerprint density at radius 1 is 1.15 bits per heavy atom. The van der Waals surface area contributed by atoms with E-state index in [0.29, 0.717) is 51.0 Å². The van der Waals surface area contributed by atoms with Crippen LogP contribution in [0, 0.1) is 0 Å². The third-order valence-electron chi connectivity index (χ3n) is 5.74. The van der Waals surface area contributed by atoms with E-state index in [2.05, 4.69) is 10.1 Å². The molecule has 2 aromatic rings. The van der Waals surface area contributed by atoms with Gasteiger partial charge in [0, 0.05) is 31.6 Å². The van der Waals surface area contributed by atoms with Gasteiger partial charge in [-0.2, -0.15) is 4.98 Å². The SMILES string of the molecule is NCc1ccc(-c2noc(C3(CC(=O)N4CCOCC4)CCCC3)n2)cc1. The number of ether oxygens (including phenoxy) is 1. The average Bonchev–Trinajstić information content (AvgIpc) is 3.39. The molecule has 1 aliphatic heterocycles. The first-order valence-electron chi connectivity index (χ1n) is 9.69. The van der Waals surface area contributed by atoms with Gasteiger partial charge in [0.25, 0.3) is 0 Å². The van der Waals surface area contributed by atoms with Gasteiger partial charge >= 0.3 is 0 Å². The van der Waals surface area contributed by atoms with E-state index in [0.717, 1.165) is 36.8 Å². The molecule has 2 fully saturated rings. The summed E-state index contributed by atoms with van der Waals surface area (Å²) >= 11 is 0. The molecule has 2 aliphatic rings. The molecule has 0 unspecified atom stereocenters. The third-order valence-corrected chi connectivity index (χ3v) is 5.74. The zero-order valence-electron chi connectivity index (χ0n) is 15.5. The van der Waals surface area contributed by atoms with Crippen LogP contribution in [0.2, 0.25) is 0 Å². The monoisotopic (exact) mass is 370 g/mol. The van der Waals surface area contributed by atoms with Gasteiger partial charge in [-0.25, -0.2) is 0 Å². The summed E-state index contributed by atoms with van der Waals surface area (Å²) in [5, 5.41) is 4.19. The quantitative estimate of drug-likeness (QED) is 0.867. The number of nitrogens with two attached hydrogens (primary N) is 1. The highest BCUT2D eigenvalue weighted by atomic mass is 16.5. The van der Waals surface area contributed by atoms with Crippen LogP contribution >= 0.6 is 0 Å². The van der Waals surface area contributed by atoms with Crippen LogP contribution in [0.25, 0.3) is 11.4 Å². The minimum atomic E-state index is -0.335. The molecule has 27 heavy (non-hydrogen) atoms. The molecule has 4 rings (SSSR count). The highest BCUT2D eigenvalue weighted by molar-refractivity contribution is 5.78. The van der Waals surface area contributed by atoms with E-state index in [1.807, 2.05) is 29.2 Å². The molecule has 7 heteroatoms. The molecule has 1 aliphatic carbocycles. The number of benzene rings is 1. The molecule has 0 spiro atoms. The molecule has 0 atom stereocenters. The first-order valence-corrected chi connectivity index (χ1v) is 9.69. The average molecular weight is 370 g/mol. The Morgan fingerprint density at radius 3 is 2.52 bits per heavy atom. The first kappa shape index (κ1) is 18.1. The van der Waals surface area contributed by atoms with Gasteiger partial charge in [0.05, 0.1) is 18.6 Å². The molecule has 1 saturated carbocycles. The second-order valence-corrected chi connectivity index (χ2v) is 7.48. The summed E-state index contributed by atoms with van der Waals surface area (Å²) in [7, 11) is 0. The molecule has 2 heterocycles. The molecule has 144 valence electrons. The smallest absolute Gasteiger partial charge is 0.233 e. The molecule has 0 radical (unpaired) electrons. The van der Waals surface area contributed by atoms with Crippen molar-refractivity contribution in [3.63, 3.8) is 0 Å². The van der Waals surface area contributed by atoms with E-state index in [1.54, 1.807) is 0 Å². The lowest BCUT2D eigenvalue weighted by atomic mass is 9.82. The number of aromatic nitrogens is 2. The Balaban J connectivity index is 1.55. The standard InChI is InChI=1S/C20H26N4O3/c21-14-15-3-5-16(6-4-15)18-22-19(27-23-18)20(7-1-2-8-20)13-17(25)24-9-11-26-12-10-24/h3-6H,1-2,7-14,21H2. The molecule has 7 nitrogen and oxygen atoms in total. The molecule has 1 amide bonds. The van der Waals surface area contributed by atoms with Crippen molar-refractivity contribution >= 4 is 5.91 Å². The maximum absolute atomic E-state index is 12.8. The molecule has 1 aromatic heterocycles. The largest absolute Gasteiger partial charge is 0.378 e. The Morgan fingerprint density at radius 2 is 1.85 bits per heavy atom. The van der Waals surface area contributed by atoms with Crippen molar-refractivity contribution in [2.24, 2.45) is 5.73 Å². The molecular weight excluding hydrogens is 344 g/mol. The molecule has 2 N–H and O–H groups in total. The van der Waals surface area contributed by atoms with Crippen LogP contribution in [-0.2, 0) is 21.5 Å². The van der Waals surface area contributed by atoms with Gasteiger partial charge in [-0.05, 0) is 18.4 Å². The predicted molar refractivity (Wildman–Crippen MR) is 99.8 cm³/mol. The van der Waals surface area contributed by atoms with E-state index < -0.39 is 0 Å². The van der Waals surface area contributed by atoms with Gasteiger partial charge in [-0.15, -0.1) is 0 Å². The van der Waals surface area contributed by atoms with Crippen molar-refractivity contribution < 1.29 is 14.1 Å². The summed E-state index contributed by atoms with van der Waals surface area (Å²) in [5.74, 6) is 1.32. The number of carbonyl (C=O) groups excluding carboxylic acids is 1. The lowest BCUT2D eigenvalue weighted by Crippen LogP contribution is -2.43. The van der Waals surface area contributed by atoms with Crippen molar-refractivity contribution in [1.82, 2.24) is 15.0 Å². The minimum Gasteiger partial charge on any atom is -0.378 e. The van der Waals surface area contributed by atoms with Crippen LogP contribution in [0.15, 0.2) is 28.8 Å². The third kappa shape index (κ3) is 3.75. The van der Waals surface area contributed by atoms with Gasteiger partial charge in [0.2, 0.25) is 17.6 Å². The van der Waals surface area contributed by atoms with Crippen LogP contribution in [0.3, 0.4) is 0 Å². The molecular formula is C20H26N4O3. The number of amides is 1. The number of hydrogen-bond acceptors (Lipinski definition) is 6. The van der Waals surface area contributed by atoms with Crippen molar-refractivity contribution in [3.8, 4) is 11.4 Å². The highest BCUT2D eigenvalue weighted by Gasteiger charge is 2.43. The van der Waals surface area contributed by atoms with Crippen LogP contribution < -0.4 is 5.73 Å². The number of hydrogen-bond donors (Lipinski definition) is 1. The lowest BCUT2D eigenvalue weighted by Gasteiger charge is -2.31. The predicted octanol–water partition coefficient (Wildman–Crippen LogP) is 2.26. The van der Waals surface area contributed by atoms with Crippen LogP contribution in [0.4, 0.5) is 0 Å². The van der Waals surface area contributed by atoms with Crippen molar-refractivity contribution in [3.05, 3.63) is 35.7 Å². The lowest BCUT2D eigenvalue weighted by molar-refractivity contribution is -0.136. The summed E-state index contributed by atoms with van der Waals surface area (Å²) < 4.78 is 11.0. The highest BCUT2D eigenvalue weighted by Crippen LogP contribution is 2.44. The first-order chi connectivity index (χ1) is 13.2. The van der Waals surface area contributed by atoms with Crippen molar-refractivity contribution in [2.75, 3.05) is 26.3 Å². The Hall–Kier alpha value is -2.25. The number of nitrogens with zero attached hydrogens (tertiary/aromatic N) is 3. The van der Waals surface area contributed by atoms with E-state index in [9.17, 15) is 4.79 Å². The summed E-state index contributed by atoms with van der Waals surface area (Å²) in [6, 6.07) is 7.85.